The maximum Gasteiger partial charge on any atom is 0.153 e. The van der Waals surface area contributed by atoms with Crippen molar-refractivity contribution in [3.05, 3.63) is 58.9 Å². The van der Waals surface area contributed by atoms with Gasteiger partial charge in [-0.2, -0.15) is 5.10 Å². The molecule has 23 heavy (non-hydrogen) atoms. The molecule has 3 rings (SSSR count). The van der Waals surface area contributed by atoms with E-state index in [2.05, 4.69) is 27.4 Å². The first-order chi connectivity index (χ1) is 11.1. The molecule has 0 aliphatic heterocycles. The monoisotopic (exact) mass is 326 g/mol. The highest BCUT2D eigenvalue weighted by Gasteiger charge is 2.10. The smallest absolute Gasteiger partial charge is 0.153 e. The molecule has 2 heterocycles. The number of oxime groups is 1. The van der Waals surface area contributed by atoms with Gasteiger partial charge < -0.3 is 4.84 Å². The van der Waals surface area contributed by atoms with Gasteiger partial charge >= 0.3 is 0 Å². The minimum absolute atomic E-state index is 0.425. The van der Waals surface area contributed by atoms with E-state index in [0.717, 1.165) is 32.4 Å². The van der Waals surface area contributed by atoms with Gasteiger partial charge in [-0.05, 0) is 13.8 Å². The first-order valence-electron chi connectivity index (χ1n) is 7.31. The third-order valence-corrected chi connectivity index (χ3v) is 4.61. The van der Waals surface area contributed by atoms with Gasteiger partial charge in [0.15, 0.2) is 6.61 Å². The lowest BCUT2D eigenvalue weighted by atomic mass is 10.2. The van der Waals surface area contributed by atoms with Crippen LogP contribution in [0.5, 0.6) is 0 Å². The van der Waals surface area contributed by atoms with Gasteiger partial charge in [0.2, 0.25) is 0 Å². The fourth-order valence-electron chi connectivity index (χ4n) is 2.11. The van der Waals surface area contributed by atoms with Crippen molar-refractivity contribution < 1.29 is 4.84 Å². The summed E-state index contributed by atoms with van der Waals surface area (Å²) < 4.78 is 1.74. The van der Waals surface area contributed by atoms with Crippen LogP contribution in [0.3, 0.4) is 0 Å². The third kappa shape index (κ3) is 3.65. The number of thiazole rings is 1. The molecule has 0 radical (unpaired) electrons. The van der Waals surface area contributed by atoms with Gasteiger partial charge in [0, 0.05) is 24.4 Å². The molecule has 0 bridgehead atoms. The molecule has 0 fully saturated rings. The Morgan fingerprint density at radius 3 is 2.78 bits per heavy atom. The molecule has 0 N–H and O–H groups in total. The van der Waals surface area contributed by atoms with Crippen LogP contribution in [0.2, 0.25) is 0 Å². The second-order valence-corrected chi connectivity index (χ2v) is 6.33. The van der Waals surface area contributed by atoms with Crippen LogP contribution < -0.4 is 0 Å². The Bertz CT molecular complexity index is 820. The molecule has 1 aromatic carbocycles. The number of aryl methyl sites for hydroxylation is 2. The molecular formula is C17H18N4OS. The SMILES string of the molecule is CC(=NOCc1sc(-c2ccccc2)nc1C)c1cnn(C)c1. The van der Waals surface area contributed by atoms with Crippen molar-refractivity contribution in [2.75, 3.05) is 0 Å². The lowest BCUT2D eigenvalue weighted by Crippen LogP contribution is -1.95. The fraction of sp³-hybridized carbons (Fsp3) is 0.235. The van der Waals surface area contributed by atoms with Gasteiger partial charge in [0.1, 0.15) is 5.01 Å². The normalized spacial score (nSPS) is 11.7. The summed E-state index contributed by atoms with van der Waals surface area (Å²) in [5, 5.41) is 9.30. The number of rotatable bonds is 5. The first kappa shape index (κ1) is 15.4. The standard InChI is InChI=1S/C17H18N4OS/c1-12(15-9-18-21(3)10-15)20-22-11-16-13(2)19-17(23-16)14-7-5-4-6-8-14/h4-10H,11H2,1-3H3. The fourth-order valence-corrected chi connectivity index (χ4v) is 3.09. The second kappa shape index (κ2) is 6.75. The zero-order valence-electron chi connectivity index (χ0n) is 13.4. The zero-order chi connectivity index (χ0) is 16.2. The summed E-state index contributed by atoms with van der Waals surface area (Å²) in [6.45, 7) is 4.33. The van der Waals surface area contributed by atoms with E-state index in [1.807, 2.05) is 45.3 Å². The molecule has 3 aromatic rings. The van der Waals surface area contributed by atoms with Gasteiger partial charge in [-0.25, -0.2) is 4.98 Å². The molecular weight excluding hydrogens is 308 g/mol. The third-order valence-electron chi connectivity index (χ3n) is 3.43. The van der Waals surface area contributed by atoms with E-state index >= 15 is 0 Å². The summed E-state index contributed by atoms with van der Waals surface area (Å²) >= 11 is 1.64. The summed E-state index contributed by atoms with van der Waals surface area (Å²) in [5.41, 5.74) is 3.88. The van der Waals surface area contributed by atoms with E-state index in [-0.39, 0.29) is 0 Å². The summed E-state index contributed by atoms with van der Waals surface area (Å²) in [7, 11) is 1.88. The number of hydrogen-bond acceptors (Lipinski definition) is 5. The Morgan fingerprint density at radius 2 is 2.09 bits per heavy atom. The van der Waals surface area contributed by atoms with E-state index in [1.165, 1.54) is 0 Å². The van der Waals surface area contributed by atoms with Gasteiger partial charge in [0.25, 0.3) is 0 Å². The Kier molecular flexibility index (Phi) is 4.52. The molecule has 2 aromatic heterocycles. The maximum atomic E-state index is 5.50. The molecule has 6 heteroatoms. The molecule has 118 valence electrons. The number of aromatic nitrogens is 3. The van der Waals surface area contributed by atoms with Crippen molar-refractivity contribution in [2.45, 2.75) is 20.5 Å². The predicted octanol–water partition coefficient (Wildman–Crippen LogP) is 3.79. The second-order valence-electron chi connectivity index (χ2n) is 5.25. The average Bonchev–Trinajstić information content (AvgIpc) is 3.15. The topological polar surface area (TPSA) is 52.3 Å². The Hall–Kier alpha value is -2.47. The number of benzene rings is 1. The van der Waals surface area contributed by atoms with E-state index in [1.54, 1.807) is 22.2 Å². The first-order valence-corrected chi connectivity index (χ1v) is 8.12. The van der Waals surface area contributed by atoms with Gasteiger partial charge in [-0.15, -0.1) is 11.3 Å². The van der Waals surface area contributed by atoms with Crippen LogP contribution in [0.25, 0.3) is 10.6 Å². The van der Waals surface area contributed by atoms with Crippen molar-refractivity contribution >= 4 is 17.0 Å². The maximum absolute atomic E-state index is 5.50. The molecule has 0 atom stereocenters. The van der Waals surface area contributed by atoms with Crippen LogP contribution in [0.4, 0.5) is 0 Å². The lowest BCUT2D eigenvalue weighted by molar-refractivity contribution is 0.132. The minimum atomic E-state index is 0.425. The highest BCUT2D eigenvalue weighted by molar-refractivity contribution is 7.15. The van der Waals surface area contributed by atoms with E-state index < -0.39 is 0 Å². The summed E-state index contributed by atoms with van der Waals surface area (Å²) in [6.07, 6.45) is 3.68. The van der Waals surface area contributed by atoms with Crippen LogP contribution in [0.15, 0.2) is 47.9 Å². The highest BCUT2D eigenvalue weighted by Crippen LogP contribution is 2.28. The van der Waals surface area contributed by atoms with Crippen molar-refractivity contribution in [3.8, 4) is 10.6 Å². The molecule has 0 aliphatic carbocycles. The van der Waals surface area contributed by atoms with E-state index in [4.69, 9.17) is 4.84 Å². The Balaban J connectivity index is 1.68. The van der Waals surface area contributed by atoms with Gasteiger partial charge in [0.05, 0.1) is 22.5 Å². The largest absolute Gasteiger partial charge is 0.390 e. The Labute approximate surface area is 139 Å². The van der Waals surface area contributed by atoms with Gasteiger partial charge in [-0.3, -0.25) is 4.68 Å². The van der Waals surface area contributed by atoms with Crippen LogP contribution in [0, 0.1) is 6.92 Å². The quantitative estimate of drug-likeness (QED) is 0.529. The lowest BCUT2D eigenvalue weighted by Gasteiger charge is -1.99. The van der Waals surface area contributed by atoms with Crippen LogP contribution in [-0.2, 0) is 18.5 Å². The van der Waals surface area contributed by atoms with Crippen molar-refractivity contribution in [1.29, 1.82) is 0 Å². The molecule has 5 nitrogen and oxygen atoms in total. The van der Waals surface area contributed by atoms with Crippen molar-refractivity contribution in [3.63, 3.8) is 0 Å². The minimum Gasteiger partial charge on any atom is -0.390 e. The summed E-state index contributed by atoms with van der Waals surface area (Å²) in [4.78, 5) is 11.2. The highest BCUT2D eigenvalue weighted by atomic mass is 32.1. The summed E-state index contributed by atoms with van der Waals surface area (Å²) in [5.74, 6) is 0. The van der Waals surface area contributed by atoms with Crippen LogP contribution >= 0.6 is 11.3 Å². The molecule has 0 saturated heterocycles. The predicted molar refractivity (Wildman–Crippen MR) is 92.5 cm³/mol. The number of nitrogens with zero attached hydrogens (tertiary/aromatic N) is 4. The molecule has 0 spiro atoms. The molecule has 0 saturated carbocycles. The van der Waals surface area contributed by atoms with Gasteiger partial charge in [-0.1, -0.05) is 35.5 Å². The molecule has 0 amide bonds. The van der Waals surface area contributed by atoms with E-state index in [0.29, 0.717) is 6.61 Å². The molecule has 0 aliphatic rings. The molecule has 0 unspecified atom stereocenters. The average molecular weight is 326 g/mol. The number of hydrogen-bond donors (Lipinski definition) is 0. The van der Waals surface area contributed by atoms with Crippen molar-refractivity contribution in [2.24, 2.45) is 12.2 Å². The van der Waals surface area contributed by atoms with Crippen molar-refractivity contribution in [1.82, 2.24) is 14.8 Å². The van der Waals surface area contributed by atoms with Crippen LogP contribution in [-0.4, -0.2) is 20.5 Å². The van der Waals surface area contributed by atoms with E-state index in [9.17, 15) is 0 Å². The zero-order valence-corrected chi connectivity index (χ0v) is 14.2. The Morgan fingerprint density at radius 1 is 1.30 bits per heavy atom. The van der Waals surface area contributed by atoms with Crippen LogP contribution in [0.1, 0.15) is 23.1 Å². The summed E-state index contributed by atoms with van der Waals surface area (Å²) in [6, 6.07) is 10.2.